The first kappa shape index (κ1) is 14.4. The molecule has 11 heavy (non-hydrogen) atoms. The van der Waals surface area contributed by atoms with Crippen LogP contribution in [0.2, 0.25) is 0 Å². The summed E-state index contributed by atoms with van der Waals surface area (Å²) in [6.45, 7) is 3.66. The van der Waals surface area contributed by atoms with Gasteiger partial charge in [0.2, 0.25) is 0 Å². The van der Waals surface area contributed by atoms with E-state index >= 15 is 0 Å². The molecule has 0 aromatic rings. The van der Waals surface area contributed by atoms with Crippen molar-refractivity contribution >= 4 is 0 Å². The van der Waals surface area contributed by atoms with E-state index in [1.165, 1.54) is 0 Å². The monoisotopic (exact) mass is 213 g/mol. The van der Waals surface area contributed by atoms with Crippen molar-refractivity contribution in [1.82, 2.24) is 20.9 Å². The summed E-state index contributed by atoms with van der Waals surface area (Å²) >= 11 is 0. The van der Waals surface area contributed by atoms with Crippen LogP contribution in [0.5, 0.6) is 0 Å². The van der Waals surface area contributed by atoms with Gasteiger partial charge in [-0.15, -0.1) is 0 Å². The summed E-state index contributed by atoms with van der Waals surface area (Å²) in [6, 6.07) is 0. The Labute approximate surface area is 88.8 Å². The van der Waals surface area contributed by atoms with Crippen LogP contribution in [-0.4, -0.2) is 38.6 Å². The van der Waals surface area contributed by atoms with E-state index in [-0.39, 0.29) is 34.1 Å². The van der Waals surface area contributed by atoms with E-state index in [1.54, 1.807) is 0 Å². The molecule has 1 aliphatic heterocycles. The molecule has 4 nitrogen and oxygen atoms in total. The van der Waals surface area contributed by atoms with Gasteiger partial charge in [0.15, 0.2) is 0 Å². The fraction of sp³-hybridized carbons (Fsp3) is 1.00. The van der Waals surface area contributed by atoms with Gasteiger partial charge < -0.3 is 12.4 Å². The molecule has 0 aromatic carbocycles. The van der Waals surface area contributed by atoms with E-state index in [0.29, 0.717) is 0 Å². The average molecular weight is 214 g/mol. The Morgan fingerprint density at radius 3 is 1.91 bits per heavy atom. The van der Waals surface area contributed by atoms with E-state index in [9.17, 15) is 0 Å². The Kier molecular flexibility index (Phi) is 11.7. The molecule has 64 valence electrons. The van der Waals surface area contributed by atoms with E-state index in [0.717, 1.165) is 26.7 Å². The second kappa shape index (κ2) is 8.94. The van der Waals surface area contributed by atoms with Crippen LogP contribution in [0.4, 0.5) is 0 Å². The first-order chi connectivity index (χ1) is 4.39. The predicted octanol–water partition coefficient (Wildman–Crippen LogP) is -4.47. The third-order valence-corrected chi connectivity index (χ3v) is 1.26. The molecule has 1 aliphatic rings. The van der Waals surface area contributed by atoms with Gasteiger partial charge in [-0.25, -0.2) is 0 Å². The Bertz CT molecular complexity index is 76.9. The zero-order chi connectivity index (χ0) is 6.53. The molecule has 1 fully saturated rings. The first-order valence-electron chi connectivity index (χ1n) is 3.20. The van der Waals surface area contributed by atoms with E-state index in [2.05, 4.69) is 27.9 Å². The fourth-order valence-electron chi connectivity index (χ4n) is 0.789. The molecule has 3 N–H and O–H groups in total. The molecule has 1 rings (SSSR count). The van der Waals surface area contributed by atoms with Crippen molar-refractivity contribution < 1.29 is 34.1 Å². The number of rotatable bonds is 0. The van der Waals surface area contributed by atoms with Crippen LogP contribution in [0.3, 0.4) is 0 Å². The van der Waals surface area contributed by atoms with Gasteiger partial charge in [0.1, 0.15) is 0 Å². The molecule has 0 saturated carbocycles. The molecule has 0 amide bonds. The minimum absolute atomic E-state index is 0. The van der Waals surface area contributed by atoms with Crippen molar-refractivity contribution in [3.05, 3.63) is 0 Å². The molecule has 0 spiro atoms. The summed E-state index contributed by atoms with van der Waals surface area (Å²) in [7, 11) is 2.07. The van der Waals surface area contributed by atoms with Gasteiger partial charge in [-0.2, -0.15) is 0 Å². The minimum atomic E-state index is 0. The molecule has 1 saturated heterocycles. The van der Waals surface area contributed by atoms with E-state index in [1.807, 2.05) is 0 Å². The molecule has 6 heteroatoms. The molecule has 0 bridgehead atoms. The summed E-state index contributed by atoms with van der Waals surface area (Å²) in [4.78, 5) is 2.18. The number of nitrogens with one attached hydrogen (secondary N) is 3. The van der Waals surface area contributed by atoms with Crippen molar-refractivity contribution in [3.63, 3.8) is 0 Å². The maximum absolute atomic E-state index is 3.21. The van der Waals surface area contributed by atoms with Crippen LogP contribution in [0.1, 0.15) is 0 Å². The van der Waals surface area contributed by atoms with Gasteiger partial charge in [0.25, 0.3) is 0 Å². The number of hydrogen-bond donors (Lipinski definition) is 3. The Morgan fingerprint density at radius 2 is 1.45 bits per heavy atom. The summed E-state index contributed by atoms with van der Waals surface area (Å²) in [5, 5.41) is 9.58. The van der Waals surface area contributed by atoms with Gasteiger partial charge >= 0.3 is 21.7 Å². The summed E-state index contributed by atoms with van der Waals surface area (Å²) < 4.78 is 0. The van der Waals surface area contributed by atoms with Gasteiger partial charge in [0.05, 0.1) is 0 Å². The SMILES string of the molecule is CN1CNCNCNC1.[Cl-].[Ti+2]. The van der Waals surface area contributed by atoms with Gasteiger partial charge in [-0.05, 0) is 7.05 Å². The largest absolute Gasteiger partial charge is 2.00 e. The van der Waals surface area contributed by atoms with Crippen LogP contribution < -0.4 is 28.4 Å². The van der Waals surface area contributed by atoms with Crippen LogP contribution in [0.25, 0.3) is 0 Å². The Hall–Kier alpha value is 0.844. The van der Waals surface area contributed by atoms with Crippen molar-refractivity contribution in [3.8, 4) is 0 Å². The average Bonchev–Trinajstić information content (AvgIpc) is 1.79. The maximum Gasteiger partial charge on any atom is 2.00 e. The Morgan fingerprint density at radius 1 is 1.00 bits per heavy atom. The molecule has 0 radical (unpaired) electrons. The van der Waals surface area contributed by atoms with Gasteiger partial charge in [0, 0.05) is 26.7 Å². The van der Waals surface area contributed by atoms with Crippen molar-refractivity contribution in [2.75, 3.05) is 33.7 Å². The van der Waals surface area contributed by atoms with Crippen LogP contribution in [0, 0.1) is 0 Å². The zero-order valence-electron chi connectivity index (χ0n) is 6.65. The van der Waals surface area contributed by atoms with Crippen LogP contribution in [0.15, 0.2) is 0 Å². The van der Waals surface area contributed by atoms with Crippen molar-refractivity contribution in [1.29, 1.82) is 0 Å². The molecular weight excluding hydrogens is 199 g/mol. The van der Waals surface area contributed by atoms with Gasteiger partial charge in [-0.1, -0.05) is 0 Å². The van der Waals surface area contributed by atoms with Crippen LogP contribution >= 0.6 is 0 Å². The molecule has 0 atom stereocenters. The molecule has 0 aromatic heterocycles. The molecule has 1 heterocycles. The molecular formula is C5H14ClN4Ti+. The quantitative estimate of drug-likeness (QED) is 0.355. The summed E-state index contributed by atoms with van der Waals surface area (Å²) in [6.07, 6.45) is 0. The molecule has 0 aliphatic carbocycles. The second-order valence-corrected chi connectivity index (χ2v) is 2.28. The smallest absolute Gasteiger partial charge is 1.00 e. The van der Waals surface area contributed by atoms with Crippen molar-refractivity contribution in [2.24, 2.45) is 0 Å². The normalized spacial score (nSPS) is 20.5. The third-order valence-electron chi connectivity index (χ3n) is 1.26. The van der Waals surface area contributed by atoms with E-state index < -0.39 is 0 Å². The van der Waals surface area contributed by atoms with Crippen LogP contribution in [-0.2, 0) is 21.7 Å². The predicted molar refractivity (Wildman–Crippen MR) is 36.6 cm³/mol. The second-order valence-electron chi connectivity index (χ2n) is 2.28. The number of nitrogens with zero attached hydrogens (tertiary/aromatic N) is 1. The van der Waals surface area contributed by atoms with E-state index in [4.69, 9.17) is 0 Å². The first-order valence-corrected chi connectivity index (χ1v) is 3.20. The Balaban J connectivity index is 0. The maximum atomic E-state index is 3.21. The van der Waals surface area contributed by atoms with Crippen molar-refractivity contribution in [2.45, 2.75) is 0 Å². The number of hydrogen-bond acceptors (Lipinski definition) is 4. The zero-order valence-corrected chi connectivity index (χ0v) is 8.97. The standard InChI is InChI=1S/C5H14N4.ClH.Ti/c1-9-4-7-2-6-3-8-5-9;;/h6-8H,2-5H2,1H3;1H;/q;;+2/p-1. The fourth-order valence-corrected chi connectivity index (χ4v) is 0.789. The summed E-state index contributed by atoms with van der Waals surface area (Å²) in [5.41, 5.74) is 0. The topological polar surface area (TPSA) is 39.3 Å². The summed E-state index contributed by atoms with van der Waals surface area (Å²) in [5.74, 6) is 0. The minimum Gasteiger partial charge on any atom is -1.00 e. The third kappa shape index (κ3) is 7.21. The number of halogens is 1. The van der Waals surface area contributed by atoms with Gasteiger partial charge in [-0.3, -0.25) is 20.9 Å². The molecule has 0 unspecified atom stereocenters.